The second-order valence-electron chi connectivity index (χ2n) is 7.74. The molecule has 0 radical (unpaired) electrons. The highest BCUT2D eigenvalue weighted by Gasteiger charge is 2.31. The van der Waals surface area contributed by atoms with E-state index in [0.29, 0.717) is 12.3 Å². The molecule has 0 spiro atoms. The molecule has 3 aromatic carbocycles. The SMILES string of the molecule is OC(COc1ccc(C(F)(F)F)cc1)CN1CCc2ccccc2[C@H]1c1ccccc1. The first-order valence-corrected chi connectivity index (χ1v) is 10.3. The lowest BCUT2D eigenvalue weighted by atomic mass is 9.88. The molecule has 0 aliphatic carbocycles. The highest BCUT2D eigenvalue weighted by atomic mass is 19.4. The summed E-state index contributed by atoms with van der Waals surface area (Å²) >= 11 is 0. The Bertz CT molecular complexity index is 990. The molecule has 0 saturated carbocycles. The van der Waals surface area contributed by atoms with E-state index in [1.807, 2.05) is 30.3 Å². The van der Waals surface area contributed by atoms with Crippen LogP contribution in [0, 0.1) is 0 Å². The van der Waals surface area contributed by atoms with Crippen LogP contribution in [-0.2, 0) is 12.6 Å². The summed E-state index contributed by atoms with van der Waals surface area (Å²) in [5.41, 5.74) is 2.97. The van der Waals surface area contributed by atoms with Crippen molar-refractivity contribution < 1.29 is 23.0 Å². The van der Waals surface area contributed by atoms with Crippen LogP contribution in [-0.4, -0.2) is 35.8 Å². The summed E-state index contributed by atoms with van der Waals surface area (Å²) in [6, 6.07) is 23.1. The van der Waals surface area contributed by atoms with Gasteiger partial charge in [-0.3, -0.25) is 4.90 Å². The lowest BCUT2D eigenvalue weighted by Crippen LogP contribution is -2.42. The molecule has 6 heteroatoms. The van der Waals surface area contributed by atoms with Crippen molar-refractivity contribution in [2.45, 2.75) is 24.7 Å². The number of nitrogens with zero attached hydrogens (tertiary/aromatic N) is 1. The molecule has 4 rings (SSSR count). The average molecular weight is 427 g/mol. The van der Waals surface area contributed by atoms with Crippen LogP contribution >= 0.6 is 0 Å². The Morgan fingerprint density at radius 3 is 2.32 bits per heavy atom. The maximum atomic E-state index is 12.7. The van der Waals surface area contributed by atoms with Gasteiger partial charge in [0.15, 0.2) is 0 Å². The number of hydrogen-bond acceptors (Lipinski definition) is 3. The molecule has 162 valence electrons. The normalized spacial score (nSPS) is 17.7. The van der Waals surface area contributed by atoms with Gasteiger partial charge in [0, 0.05) is 13.1 Å². The van der Waals surface area contributed by atoms with Crippen molar-refractivity contribution in [3.63, 3.8) is 0 Å². The molecule has 1 heterocycles. The van der Waals surface area contributed by atoms with Crippen molar-refractivity contribution in [3.8, 4) is 5.75 Å². The van der Waals surface area contributed by atoms with E-state index in [1.54, 1.807) is 0 Å². The predicted octanol–water partition coefficient (Wildman–Crippen LogP) is 5.09. The van der Waals surface area contributed by atoms with Crippen molar-refractivity contribution in [1.29, 1.82) is 0 Å². The van der Waals surface area contributed by atoms with Crippen molar-refractivity contribution >= 4 is 0 Å². The molecule has 3 nitrogen and oxygen atoms in total. The Hall–Kier alpha value is -2.83. The first-order valence-electron chi connectivity index (χ1n) is 10.3. The number of benzene rings is 3. The minimum absolute atomic E-state index is 0.00498. The minimum atomic E-state index is -4.38. The number of alkyl halides is 3. The summed E-state index contributed by atoms with van der Waals surface area (Å²) in [5, 5.41) is 10.6. The maximum absolute atomic E-state index is 12.7. The summed E-state index contributed by atoms with van der Waals surface area (Å²) in [7, 11) is 0. The summed E-state index contributed by atoms with van der Waals surface area (Å²) in [6.07, 6.45) is -4.26. The van der Waals surface area contributed by atoms with E-state index in [2.05, 4.69) is 29.2 Å². The van der Waals surface area contributed by atoms with Gasteiger partial charge in [0.2, 0.25) is 0 Å². The first kappa shape index (κ1) is 21.4. The van der Waals surface area contributed by atoms with Crippen LogP contribution in [0.25, 0.3) is 0 Å². The molecule has 0 bridgehead atoms. The average Bonchev–Trinajstić information content (AvgIpc) is 2.78. The Labute approximate surface area is 179 Å². The van der Waals surface area contributed by atoms with Crippen molar-refractivity contribution in [3.05, 3.63) is 101 Å². The van der Waals surface area contributed by atoms with Gasteiger partial charge in [0.25, 0.3) is 0 Å². The summed E-state index contributed by atoms with van der Waals surface area (Å²) in [6.45, 7) is 1.20. The Kier molecular flexibility index (Phi) is 6.30. The van der Waals surface area contributed by atoms with Gasteiger partial charge in [-0.2, -0.15) is 13.2 Å². The van der Waals surface area contributed by atoms with Crippen molar-refractivity contribution in [1.82, 2.24) is 4.90 Å². The molecule has 0 saturated heterocycles. The van der Waals surface area contributed by atoms with Crippen LogP contribution in [0.2, 0.25) is 0 Å². The second-order valence-corrected chi connectivity index (χ2v) is 7.74. The fourth-order valence-corrected chi connectivity index (χ4v) is 4.10. The lowest BCUT2D eigenvalue weighted by Gasteiger charge is -2.38. The van der Waals surface area contributed by atoms with E-state index in [9.17, 15) is 18.3 Å². The maximum Gasteiger partial charge on any atom is 0.416 e. The van der Waals surface area contributed by atoms with E-state index in [1.165, 1.54) is 23.3 Å². The van der Waals surface area contributed by atoms with Crippen molar-refractivity contribution in [2.24, 2.45) is 0 Å². The van der Waals surface area contributed by atoms with Gasteiger partial charge in [-0.05, 0) is 47.4 Å². The number of aliphatic hydroxyl groups is 1. The predicted molar refractivity (Wildman–Crippen MR) is 113 cm³/mol. The minimum Gasteiger partial charge on any atom is -0.491 e. The Morgan fingerprint density at radius 2 is 1.61 bits per heavy atom. The number of aliphatic hydroxyl groups excluding tert-OH is 1. The Balaban J connectivity index is 1.44. The fourth-order valence-electron chi connectivity index (χ4n) is 4.10. The van der Waals surface area contributed by atoms with E-state index in [0.717, 1.165) is 30.7 Å². The highest BCUT2D eigenvalue weighted by molar-refractivity contribution is 5.39. The molecule has 1 unspecified atom stereocenters. The molecule has 31 heavy (non-hydrogen) atoms. The molecule has 1 aliphatic heterocycles. The summed E-state index contributed by atoms with van der Waals surface area (Å²) in [5.74, 6) is 0.302. The molecule has 1 N–H and O–H groups in total. The third-order valence-corrected chi connectivity index (χ3v) is 5.57. The molecule has 2 atom stereocenters. The number of fused-ring (bicyclic) bond motifs is 1. The second kappa shape index (κ2) is 9.12. The molecule has 0 amide bonds. The third kappa shape index (κ3) is 5.09. The highest BCUT2D eigenvalue weighted by Crippen LogP contribution is 2.35. The zero-order valence-electron chi connectivity index (χ0n) is 16.9. The summed E-state index contributed by atoms with van der Waals surface area (Å²) < 4.78 is 43.6. The topological polar surface area (TPSA) is 32.7 Å². The quantitative estimate of drug-likeness (QED) is 0.595. The van der Waals surface area contributed by atoms with Gasteiger partial charge in [-0.15, -0.1) is 0 Å². The molecular formula is C25H24F3NO2. The molecule has 0 fully saturated rings. The van der Waals surface area contributed by atoms with Crippen molar-refractivity contribution in [2.75, 3.05) is 19.7 Å². The van der Waals surface area contributed by atoms with Crippen LogP contribution in [0.4, 0.5) is 13.2 Å². The molecular weight excluding hydrogens is 403 g/mol. The van der Waals surface area contributed by atoms with Crippen LogP contribution < -0.4 is 4.74 Å². The largest absolute Gasteiger partial charge is 0.491 e. The van der Waals surface area contributed by atoms with E-state index >= 15 is 0 Å². The fraction of sp³-hybridized carbons (Fsp3) is 0.280. The zero-order valence-corrected chi connectivity index (χ0v) is 16.9. The van der Waals surface area contributed by atoms with E-state index in [-0.39, 0.29) is 12.6 Å². The van der Waals surface area contributed by atoms with Crippen LogP contribution in [0.3, 0.4) is 0 Å². The number of ether oxygens (including phenoxy) is 1. The lowest BCUT2D eigenvalue weighted by molar-refractivity contribution is -0.137. The van der Waals surface area contributed by atoms with Gasteiger partial charge in [-0.1, -0.05) is 54.6 Å². The van der Waals surface area contributed by atoms with Gasteiger partial charge >= 0.3 is 6.18 Å². The standard InChI is InChI=1S/C25H24F3NO2/c26-25(27,28)20-10-12-22(13-11-20)31-17-21(30)16-29-15-14-18-6-4-5-9-23(18)24(29)19-7-2-1-3-8-19/h1-13,21,24,30H,14-17H2/t21?,24-/m1/s1. The van der Waals surface area contributed by atoms with Crippen LogP contribution in [0.5, 0.6) is 5.75 Å². The smallest absolute Gasteiger partial charge is 0.416 e. The summed E-state index contributed by atoms with van der Waals surface area (Å²) in [4.78, 5) is 2.23. The van der Waals surface area contributed by atoms with Gasteiger partial charge in [0.1, 0.15) is 18.5 Å². The molecule has 3 aromatic rings. The zero-order chi connectivity index (χ0) is 21.8. The van der Waals surface area contributed by atoms with Gasteiger partial charge in [-0.25, -0.2) is 0 Å². The Morgan fingerprint density at radius 1 is 0.935 bits per heavy atom. The van der Waals surface area contributed by atoms with Crippen LogP contribution in [0.15, 0.2) is 78.9 Å². The number of rotatable bonds is 6. The third-order valence-electron chi connectivity index (χ3n) is 5.57. The molecule has 0 aromatic heterocycles. The monoisotopic (exact) mass is 427 g/mol. The number of β-amino-alcohol motifs (C(OH)–C–C–N with tert-alkyl or cyclic N) is 1. The molecule has 1 aliphatic rings. The number of halogens is 3. The van der Waals surface area contributed by atoms with Crippen LogP contribution in [0.1, 0.15) is 28.3 Å². The number of hydrogen-bond donors (Lipinski definition) is 1. The first-order chi connectivity index (χ1) is 14.9. The van der Waals surface area contributed by atoms with Gasteiger partial charge < -0.3 is 9.84 Å². The van der Waals surface area contributed by atoms with Gasteiger partial charge in [0.05, 0.1) is 11.6 Å². The van der Waals surface area contributed by atoms with E-state index in [4.69, 9.17) is 4.74 Å². The van der Waals surface area contributed by atoms with E-state index < -0.39 is 17.8 Å².